The van der Waals surface area contributed by atoms with Crippen LogP contribution in [0.15, 0.2) is 60.8 Å². The minimum atomic E-state index is -0.411. The van der Waals surface area contributed by atoms with E-state index < -0.39 is 5.91 Å². The summed E-state index contributed by atoms with van der Waals surface area (Å²) in [6, 6.07) is 14.1. The molecule has 34 heavy (non-hydrogen) atoms. The zero-order valence-electron chi connectivity index (χ0n) is 18.9. The monoisotopic (exact) mass is 495 g/mol. The molecule has 0 fully saturated rings. The fraction of sp³-hybridized carbons (Fsp3) is 0.192. The molecule has 0 radical (unpaired) electrons. The number of benzene rings is 2. The Balaban J connectivity index is 1.60. The van der Waals surface area contributed by atoms with E-state index in [1.54, 1.807) is 37.5 Å². The number of aromatic nitrogens is 1. The lowest BCUT2D eigenvalue weighted by molar-refractivity contribution is 0.102. The second-order valence-corrected chi connectivity index (χ2v) is 9.43. The van der Waals surface area contributed by atoms with Crippen LogP contribution in [-0.4, -0.2) is 29.3 Å². The van der Waals surface area contributed by atoms with Gasteiger partial charge in [0, 0.05) is 40.3 Å². The van der Waals surface area contributed by atoms with Crippen molar-refractivity contribution < 1.29 is 14.3 Å². The van der Waals surface area contributed by atoms with Crippen LogP contribution >= 0.6 is 23.2 Å². The van der Waals surface area contributed by atoms with Gasteiger partial charge in [0.1, 0.15) is 10.9 Å². The molecule has 1 amide bonds. The lowest BCUT2D eigenvalue weighted by Gasteiger charge is -2.35. The lowest BCUT2D eigenvalue weighted by Crippen LogP contribution is -2.43. The molecule has 0 saturated carbocycles. The normalized spacial score (nSPS) is 15.3. The van der Waals surface area contributed by atoms with E-state index in [0.717, 1.165) is 29.0 Å². The number of hydrogen-bond acceptors (Lipinski definition) is 5. The number of hydrogen-bond donors (Lipinski definition) is 2. The van der Waals surface area contributed by atoms with Gasteiger partial charge >= 0.3 is 0 Å². The summed E-state index contributed by atoms with van der Waals surface area (Å²) < 4.78 is 5.37. The molecule has 2 N–H and O–H groups in total. The van der Waals surface area contributed by atoms with Crippen molar-refractivity contribution in [1.29, 1.82) is 0 Å². The van der Waals surface area contributed by atoms with Crippen molar-refractivity contribution in [2.75, 3.05) is 12.4 Å². The first-order chi connectivity index (χ1) is 16.1. The number of anilines is 1. The van der Waals surface area contributed by atoms with Crippen LogP contribution in [0.5, 0.6) is 5.75 Å². The molecule has 0 aliphatic carbocycles. The Labute approximate surface area is 207 Å². The van der Waals surface area contributed by atoms with Crippen LogP contribution < -0.4 is 15.4 Å². The van der Waals surface area contributed by atoms with Gasteiger partial charge < -0.3 is 15.4 Å². The van der Waals surface area contributed by atoms with Gasteiger partial charge in [0.2, 0.25) is 0 Å². The third kappa shape index (κ3) is 5.24. The standard InChI is InChI=1S/C26H23Cl2N3O3/c1-26(2)13-16-7-8-19(34-3)11-20(16)22(31-26)12-23(32)15-5-4-6-18(9-15)30-25(33)17-10-21(27)24(28)29-14-17/h4-12,14,31H,13H2,1-3H3,(H,30,33)/b22-12-. The Bertz CT molecular complexity index is 1320. The van der Waals surface area contributed by atoms with E-state index in [2.05, 4.69) is 29.5 Å². The van der Waals surface area contributed by atoms with Crippen molar-refractivity contribution in [1.82, 2.24) is 10.3 Å². The maximum Gasteiger partial charge on any atom is 0.257 e. The number of pyridine rings is 1. The average molecular weight is 496 g/mol. The number of amides is 1. The average Bonchev–Trinajstić information content (AvgIpc) is 2.80. The van der Waals surface area contributed by atoms with E-state index in [-0.39, 0.29) is 27.1 Å². The third-order valence-corrected chi connectivity index (χ3v) is 6.14. The van der Waals surface area contributed by atoms with Crippen LogP contribution in [0.3, 0.4) is 0 Å². The number of rotatable bonds is 5. The molecule has 2 aromatic carbocycles. The molecule has 0 spiro atoms. The van der Waals surface area contributed by atoms with Gasteiger partial charge in [0.05, 0.1) is 17.7 Å². The minimum Gasteiger partial charge on any atom is -0.497 e. The first kappa shape index (κ1) is 23.8. The summed E-state index contributed by atoms with van der Waals surface area (Å²) >= 11 is 11.8. The number of ether oxygens (including phenoxy) is 1. The van der Waals surface area contributed by atoms with Crippen molar-refractivity contribution in [3.05, 3.63) is 93.2 Å². The molecule has 0 unspecified atom stereocenters. The lowest BCUT2D eigenvalue weighted by atomic mass is 9.85. The van der Waals surface area contributed by atoms with Crippen LogP contribution in [0.1, 0.15) is 45.7 Å². The van der Waals surface area contributed by atoms with Crippen LogP contribution in [0.4, 0.5) is 5.69 Å². The van der Waals surface area contributed by atoms with E-state index in [4.69, 9.17) is 27.9 Å². The predicted molar refractivity (Wildman–Crippen MR) is 135 cm³/mol. The van der Waals surface area contributed by atoms with Crippen molar-refractivity contribution in [3.63, 3.8) is 0 Å². The Morgan fingerprint density at radius 3 is 2.65 bits per heavy atom. The van der Waals surface area contributed by atoms with Crippen molar-refractivity contribution in [2.24, 2.45) is 0 Å². The SMILES string of the molecule is COc1ccc2c(c1)/C(=C/C(=O)c1cccc(NC(=O)c3cnc(Cl)c(Cl)c3)c1)NC(C)(C)C2. The van der Waals surface area contributed by atoms with Crippen LogP contribution in [-0.2, 0) is 6.42 Å². The predicted octanol–water partition coefficient (Wildman–Crippen LogP) is 5.80. The summed E-state index contributed by atoms with van der Waals surface area (Å²) in [6.07, 6.45) is 3.75. The molecular weight excluding hydrogens is 473 g/mol. The molecular formula is C26H23Cl2N3O3. The van der Waals surface area contributed by atoms with Gasteiger partial charge in [-0.15, -0.1) is 0 Å². The van der Waals surface area contributed by atoms with Gasteiger partial charge in [0.15, 0.2) is 5.78 Å². The van der Waals surface area contributed by atoms with E-state index >= 15 is 0 Å². The van der Waals surface area contributed by atoms with Crippen molar-refractivity contribution >= 4 is 46.3 Å². The van der Waals surface area contributed by atoms with Gasteiger partial charge in [-0.25, -0.2) is 4.98 Å². The number of carbonyl (C=O) groups excluding carboxylic acids is 2. The summed E-state index contributed by atoms with van der Waals surface area (Å²) in [4.78, 5) is 29.6. The number of methoxy groups -OCH3 is 1. The molecule has 4 rings (SSSR count). The van der Waals surface area contributed by atoms with Gasteiger partial charge in [-0.2, -0.15) is 0 Å². The second kappa shape index (κ2) is 9.49. The Hall–Kier alpha value is -3.35. The number of nitrogens with one attached hydrogen (secondary N) is 2. The topological polar surface area (TPSA) is 80.3 Å². The number of fused-ring (bicyclic) bond motifs is 1. The number of carbonyl (C=O) groups is 2. The molecule has 0 atom stereocenters. The molecule has 6 nitrogen and oxygen atoms in total. The quantitative estimate of drug-likeness (QED) is 0.265. The Kier molecular flexibility index (Phi) is 6.64. The zero-order chi connectivity index (χ0) is 24.5. The molecule has 1 aliphatic heterocycles. The van der Waals surface area contributed by atoms with Gasteiger partial charge in [-0.1, -0.05) is 41.4 Å². The Morgan fingerprint density at radius 2 is 1.91 bits per heavy atom. The van der Waals surface area contributed by atoms with Crippen LogP contribution in [0, 0.1) is 0 Å². The number of allylic oxidation sites excluding steroid dienone is 1. The number of halogens is 2. The maximum absolute atomic E-state index is 13.2. The maximum atomic E-state index is 13.2. The fourth-order valence-corrected chi connectivity index (χ4v) is 4.14. The fourth-order valence-electron chi connectivity index (χ4n) is 3.87. The molecule has 2 heterocycles. The summed E-state index contributed by atoms with van der Waals surface area (Å²) in [5.74, 6) is 0.118. The smallest absolute Gasteiger partial charge is 0.257 e. The summed E-state index contributed by atoms with van der Waals surface area (Å²) in [7, 11) is 1.62. The molecule has 174 valence electrons. The van der Waals surface area contributed by atoms with Gasteiger partial charge in [-0.3, -0.25) is 9.59 Å². The van der Waals surface area contributed by atoms with Gasteiger partial charge in [-0.05, 0) is 56.2 Å². The summed E-state index contributed by atoms with van der Waals surface area (Å²) in [5, 5.41) is 6.53. The number of nitrogens with zero attached hydrogens (tertiary/aromatic N) is 1. The molecule has 3 aromatic rings. The van der Waals surface area contributed by atoms with Crippen molar-refractivity contribution in [2.45, 2.75) is 25.8 Å². The van der Waals surface area contributed by atoms with Crippen LogP contribution in [0.2, 0.25) is 10.2 Å². The Morgan fingerprint density at radius 1 is 1.12 bits per heavy atom. The van der Waals surface area contributed by atoms with E-state index in [1.165, 1.54) is 12.3 Å². The highest BCUT2D eigenvalue weighted by Gasteiger charge is 2.28. The highest BCUT2D eigenvalue weighted by atomic mass is 35.5. The molecule has 8 heteroatoms. The van der Waals surface area contributed by atoms with E-state index in [9.17, 15) is 9.59 Å². The van der Waals surface area contributed by atoms with Crippen LogP contribution in [0.25, 0.3) is 5.70 Å². The van der Waals surface area contributed by atoms with Gasteiger partial charge in [0.25, 0.3) is 5.91 Å². The summed E-state index contributed by atoms with van der Waals surface area (Å²) in [6.45, 7) is 4.18. The minimum absolute atomic E-state index is 0.123. The summed E-state index contributed by atoms with van der Waals surface area (Å²) in [5.41, 5.74) is 3.76. The second-order valence-electron chi connectivity index (χ2n) is 8.66. The molecule has 0 saturated heterocycles. The van der Waals surface area contributed by atoms with Crippen molar-refractivity contribution in [3.8, 4) is 5.75 Å². The highest BCUT2D eigenvalue weighted by molar-refractivity contribution is 6.41. The molecule has 1 aliphatic rings. The largest absolute Gasteiger partial charge is 0.497 e. The first-order valence-electron chi connectivity index (χ1n) is 10.6. The molecule has 0 bridgehead atoms. The van der Waals surface area contributed by atoms with E-state index in [0.29, 0.717) is 11.3 Å². The number of ketones is 1. The zero-order valence-corrected chi connectivity index (χ0v) is 20.4. The highest BCUT2D eigenvalue weighted by Crippen LogP contribution is 2.32. The molecule has 1 aromatic heterocycles. The third-order valence-electron chi connectivity index (χ3n) is 5.45. The first-order valence-corrected chi connectivity index (χ1v) is 11.3. The van der Waals surface area contributed by atoms with E-state index in [1.807, 2.05) is 18.2 Å².